The van der Waals surface area contributed by atoms with Gasteiger partial charge in [-0.25, -0.2) is 0 Å². The van der Waals surface area contributed by atoms with Crippen molar-refractivity contribution in [1.82, 2.24) is 0 Å². The quantitative estimate of drug-likeness (QED) is 0.571. The van der Waals surface area contributed by atoms with Gasteiger partial charge >= 0.3 is 0 Å². The minimum absolute atomic E-state index is 0.392. The summed E-state index contributed by atoms with van der Waals surface area (Å²) >= 11 is 2.95. The molecule has 0 saturated heterocycles. The second-order valence-electron chi connectivity index (χ2n) is 1.16. The molecular formula is C4H6BrNO. The average molecular weight is 164 g/mol. The first-order valence-corrected chi connectivity index (χ1v) is 2.67. The van der Waals surface area contributed by atoms with Crippen molar-refractivity contribution in [1.29, 1.82) is 0 Å². The molecule has 40 valence electrons. The molecule has 2 N–H and O–H groups in total. The summed E-state index contributed by atoms with van der Waals surface area (Å²) in [5.41, 5.74) is 5.34. The van der Waals surface area contributed by atoms with E-state index in [0.717, 1.165) is 0 Å². The molecule has 0 fully saturated rings. The largest absolute Gasteiger partial charge is 0.366 e. The fourth-order valence-corrected chi connectivity index (χ4v) is 0.279. The zero-order valence-electron chi connectivity index (χ0n) is 3.94. The lowest BCUT2D eigenvalue weighted by atomic mass is 10.3. The van der Waals surface area contributed by atoms with E-state index in [9.17, 15) is 4.79 Å². The fourth-order valence-electron chi connectivity index (χ4n) is 0.0538. The SMILES string of the molecule is C/C(=C/Br)C(N)=O. The molecule has 0 atom stereocenters. The highest BCUT2D eigenvalue weighted by Gasteiger charge is 1.91. The van der Waals surface area contributed by atoms with Crippen LogP contribution in [0.25, 0.3) is 0 Å². The van der Waals surface area contributed by atoms with Gasteiger partial charge in [-0.1, -0.05) is 15.9 Å². The van der Waals surface area contributed by atoms with Crippen molar-refractivity contribution in [3.63, 3.8) is 0 Å². The van der Waals surface area contributed by atoms with Gasteiger partial charge in [-0.3, -0.25) is 4.79 Å². The molecule has 0 bridgehead atoms. The number of hydrogen-bond donors (Lipinski definition) is 1. The van der Waals surface area contributed by atoms with Crippen LogP contribution in [0.15, 0.2) is 10.6 Å². The second-order valence-corrected chi connectivity index (χ2v) is 1.61. The van der Waals surface area contributed by atoms with Gasteiger partial charge in [0.05, 0.1) is 0 Å². The minimum atomic E-state index is -0.392. The highest BCUT2D eigenvalue weighted by Crippen LogP contribution is 1.93. The van der Waals surface area contributed by atoms with E-state index < -0.39 is 5.91 Å². The minimum Gasteiger partial charge on any atom is -0.366 e. The Hall–Kier alpha value is -0.310. The van der Waals surface area contributed by atoms with Crippen LogP contribution in [-0.4, -0.2) is 5.91 Å². The molecule has 0 aromatic heterocycles. The lowest BCUT2D eigenvalue weighted by Gasteiger charge is -1.84. The number of amides is 1. The number of carbonyl (C=O) groups is 1. The summed E-state index contributed by atoms with van der Waals surface area (Å²) in [6.07, 6.45) is 0. The van der Waals surface area contributed by atoms with Crippen LogP contribution in [-0.2, 0) is 4.79 Å². The van der Waals surface area contributed by atoms with E-state index in [-0.39, 0.29) is 0 Å². The molecule has 0 radical (unpaired) electrons. The average Bonchev–Trinajstić information content (AvgIpc) is 1.65. The van der Waals surface area contributed by atoms with Crippen LogP contribution in [0.4, 0.5) is 0 Å². The lowest BCUT2D eigenvalue weighted by Crippen LogP contribution is -2.10. The summed E-state index contributed by atoms with van der Waals surface area (Å²) in [4.78, 5) is 11.5. The van der Waals surface area contributed by atoms with Gasteiger partial charge in [-0.05, 0) is 11.9 Å². The maximum atomic E-state index is 10.1. The Balaban J connectivity index is 3.82. The van der Waals surface area contributed by atoms with E-state index in [1.807, 2.05) is 0 Å². The molecule has 0 heterocycles. The van der Waals surface area contributed by atoms with Gasteiger partial charge in [0.1, 0.15) is 0 Å². The van der Waals surface area contributed by atoms with Crippen LogP contribution in [0, 0.1) is 0 Å². The first kappa shape index (κ1) is 6.69. The molecule has 1 amide bonds. The number of primary amides is 1. The van der Waals surface area contributed by atoms with E-state index in [2.05, 4.69) is 15.9 Å². The number of halogens is 1. The van der Waals surface area contributed by atoms with Crippen LogP contribution in [0.2, 0.25) is 0 Å². The fraction of sp³-hybridized carbons (Fsp3) is 0.250. The monoisotopic (exact) mass is 163 g/mol. The Morgan fingerprint density at radius 3 is 2.29 bits per heavy atom. The molecule has 0 aromatic carbocycles. The predicted molar refractivity (Wildman–Crippen MR) is 31.9 cm³/mol. The molecule has 0 aliphatic heterocycles. The van der Waals surface area contributed by atoms with Crippen LogP contribution >= 0.6 is 15.9 Å². The third-order valence-corrected chi connectivity index (χ3v) is 1.24. The van der Waals surface area contributed by atoms with Crippen molar-refractivity contribution in [3.8, 4) is 0 Å². The Morgan fingerprint density at radius 2 is 2.29 bits per heavy atom. The van der Waals surface area contributed by atoms with Crippen LogP contribution in [0.1, 0.15) is 6.92 Å². The van der Waals surface area contributed by atoms with Gasteiger partial charge in [0.2, 0.25) is 5.91 Å². The Morgan fingerprint density at radius 1 is 1.86 bits per heavy atom. The summed E-state index contributed by atoms with van der Waals surface area (Å²) in [7, 11) is 0. The molecule has 0 rings (SSSR count). The van der Waals surface area contributed by atoms with Gasteiger partial charge in [0.25, 0.3) is 0 Å². The predicted octanol–water partition coefficient (Wildman–Crippen LogP) is 0.770. The third-order valence-electron chi connectivity index (χ3n) is 0.552. The van der Waals surface area contributed by atoms with Crippen molar-refractivity contribution in [2.75, 3.05) is 0 Å². The highest BCUT2D eigenvalue weighted by molar-refractivity contribution is 9.11. The van der Waals surface area contributed by atoms with E-state index >= 15 is 0 Å². The summed E-state index contributed by atoms with van der Waals surface area (Å²) in [5.74, 6) is -0.392. The molecule has 7 heavy (non-hydrogen) atoms. The maximum absolute atomic E-state index is 10.1. The Bertz CT molecular complexity index is 108. The lowest BCUT2D eigenvalue weighted by molar-refractivity contribution is -0.114. The molecule has 0 aliphatic rings. The molecule has 0 aromatic rings. The molecule has 0 unspecified atom stereocenters. The van der Waals surface area contributed by atoms with Gasteiger partial charge in [0, 0.05) is 5.57 Å². The molecule has 0 aliphatic carbocycles. The standard InChI is InChI=1S/C4H6BrNO/c1-3(2-5)4(6)7/h2H,1H3,(H2,6,7)/b3-2-. The number of nitrogens with two attached hydrogens (primary N) is 1. The highest BCUT2D eigenvalue weighted by atomic mass is 79.9. The van der Waals surface area contributed by atoms with Crippen molar-refractivity contribution < 1.29 is 4.79 Å². The smallest absolute Gasteiger partial charge is 0.244 e. The van der Waals surface area contributed by atoms with Gasteiger partial charge < -0.3 is 5.73 Å². The molecule has 0 saturated carbocycles. The van der Waals surface area contributed by atoms with Crippen molar-refractivity contribution in [3.05, 3.63) is 10.6 Å². The molecule has 3 heteroatoms. The Labute approximate surface area is 50.5 Å². The summed E-state index contributed by atoms with van der Waals surface area (Å²) in [6.45, 7) is 1.64. The van der Waals surface area contributed by atoms with E-state index in [1.165, 1.54) is 4.99 Å². The van der Waals surface area contributed by atoms with Crippen molar-refractivity contribution in [2.45, 2.75) is 6.92 Å². The van der Waals surface area contributed by atoms with E-state index in [4.69, 9.17) is 5.73 Å². The van der Waals surface area contributed by atoms with E-state index in [1.54, 1.807) is 6.92 Å². The first-order chi connectivity index (χ1) is 3.18. The first-order valence-electron chi connectivity index (χ1n) is 1.75. The molecule has 2 nitrogen and oxygen atoms in total. The van der Waals surface area contributed by atoms with Crippen molar-refractivity contribution in [2.24, 2.45) is 5.73 Å². The summed E-state index contributed by atoms with van der Waals surface area (Å²) in [5, 5.41) is 0. The normalized spacial score (nSPS) is 11.4. The van der Waals surface area contributed by atoms with Gasteiger partial charge in [0.15, 0.2) is 0 Å². The second kappa shape index (κ2) is 2.80. The van der Waals surface area contributed by atoms with E-state index in [0.29, 0.717) is 5.57 Å². The van der Waals surface area contributed by atoms with Crippen LogP contribution in [0.5, 0.6) is 0 Å². The zero-order chi connectivity index (χ0) is 5.86. The summed E-state index contributed by atoms with van der Waals surface area (Å²) < 4.78 is 0. The number of rotatable bonds is 1. The molecule has 0 spiro atoms. The number of carbonyl (C=O) groups excluding carboxylic acids is 1. The Kier molecular flexibility index (Phi) is 2.67. The van der Waals surface area contributed by atoms with Crippen LogP contribution in [0.3, 0.4) is 0 Å². The van der Waals surface area contributed by atoms with Gasteiger partial charge in [-0.2, -0.15) is 0 Å². The summed E-state index contributed by atoms with van der Waals surface area (Å²) in [6, 6.07) is 0. The van der Waals surface area contributed by atoms with Gasteiger partial charge in [-0.15, -0.1) is 0 Å². The number of hydrogen-bond acceptors (Lipinski definition) is 1. The van der Waals surface area contributed by atoms with Crippen molar-refractivity contribution >= 4 is 21.8 Å². The maximum Gasteiger partial charge on any atom is 0.244 e. The van der Waals surface area contributed by atoms with Crippen LogP contribution < -0.4 is 5.73 Å². The molecular weight excluding hydrogens is 158 g/mol. The topological polar surface area (TPSA) is 43.1 Å². The third kappa shape index (κ3) is 2.39. The zero-order valence-corrected chi connectivity index (χ0v) is 5.53.